The van der Waals surface area contributed by atoms with E-state index in [4.69, 9.17) is 4.74 Å². The molecule has 2 N–H and O–H groups in total. The molecule has 0 bridgehead atoms. The van der Waals surface area contributed by atoms with Crippen molar-refractivity contribution in [3.63, 3.8) is 0 Å². The summed E-state index contributed by atoms with van der Waals surface area (Å²) in [6, 6.07) is 4.26. The Bertz CT molecular complexity index is 863. The summed E-state index contributed by atoms with van der Waals surface area (Å²) in [5.74, 6) is -0.508. The van der Waals surface area contributed by atoms with Crippen LogP contribution < -0.4 is 10.6 Å². The molecule has 0 saturated carbocycles. The summed E-state index contributed by atoms with van der Waals surface area (Å²) in [7, 11) is 0. The molecule has 7 heteroatoms. The number of ether oxygens (including phenoxy) is 1. The molecule has 0 heterocycles. The quantitative estimate of drug-likeness (QED) is 0.325. The summed E-state index contributed by atoms with van der Waals surface area (Å²) in [4.78, 5) is 41.5. The minimum absolute atomic E-state index is 0.00843. The Morgan fingerprint density at radius 3 is 2.17 bits per heavy atom. The number of benzene rings is 1. The van der Waals surface area contributed by atoms with Crippen LogP contribution in [0.5, 0.6) is 0 Å². The van der Waals surface area contributed by atoms with Gasteiger partial charge in [0.1, 0.15) is 17.7 Å². The van der Waals surface area contributed by atoms with Gasteiger partial charge in [-0.2, -0.15) is 0 Å². The Kier molecular flexibility index (Phi) is 13.0. The van der Waals surface area contributed by atoms with Gasteiger partial charge >= 0.3 is 6.09 Å². The maximum absolute atomic E-state index is 13.8. The first-order chi connectivity index (χ1) is 16.8. The standard InChI is InChI=1S/C29H49N3O4/c1-10-12-13-14-18-32(27(34)23(6)31-28(35)36-29(7,8)9)25(26(33)30-22(5)15-11-2)24-17-16-20(3)21(4)19-24/h16-17,19,22-23,25H,10-15,18H2,1-9H3,(H,30,33)(H,31,35). The van der Waals surface area contributed by atoms with Crippen LogP contribution in [0.3, 0.4) is 0 Å². The number of rotatable bonds is 13. The molecule has 7 nitrogen and oxygen atoms in total. The molecule has 3 amide bonds. The number of unbranched alkanes of at least 4 members (excludes halogenated alkanes) is 3. The van der Waals surface area contributed by atoms with Gasteiger partial charge < -0.3 is 20.3 Å². The zero-order chi connectivity index (χ0) is 27.5. The van der Waals surface area contributed by atoms with Crippen LogP contribution in [0.25, 0.3) is 0 Å². The van der Waals surface area contributed by atoms with E-state index in [0.29, 0.717) is 6.54 Å². The third-order valence-corrected chi connectivity index (χ3v) is 6.16. The molecular weight excluding hydrogens is 454 g/mol. The molecule has 0 aliphatic rings. The van der Waals surface area contributed by atoms with E-state index in [1.54, 1.807) is 32.6 Å². The van der Waals surface area contributed by atoms with E-state index in [0.717, 1.165) is 55.2 Å². The van der Waals surface area contributed by atoms with E-state index in [2.05, 4.69) is 24.5 Å². The summed E-state index contributed by atoms with van der Waals surface area (Å²) in [6.07, 6.45) is 5.01. The lowest BCUT2D eigenvalue weighted by molar-refractivity contribution is -0.142. The summed E-state index contributed by atoms with van der Waals surface area (Å²) >= 11 is 0. The topological polar surface area (TPSA) is 87.7 Å². The van der Waals surface area contributed by atoms with Crippen LogP contribution in [0.1, 0.15) is 110 Å². The second-order valence-electron chi connectivity index (χ2n) is 10.9. The van der Waals surface area contributed by atoms with Crippen molar-refractivity contribution in [2.45, 2.75) is 125 Å². The van der Waals surface area contributed by atoms with Crippen molar-refractivity contribution in [3.8, 4) is 0 Å². The molecular formula is C29H49N3O4. The predicted molar refractivity (Wildman–Crippen MR) is 146 cm³/mol. The summed E-state index contributed by atoms with van der Waals surface area (Å²) in [5.41, 5.74) is 2.28. The lowest BCUT2D eigenvalue weighted by Gasteiger charge is -2.34. The molecule has 3 atom stereocenters. The first kappa shape index (κ1) is 31.5. The highest BCUT2D eigenvalue weighted by molar-refractivity contribution is 5.92. The van der Waals surface area contributed by atoms with Gasteiger partial charge in [0, 0.05) is 12.6 Å². The van der Waals surface area contributed by atoms with Crippen LogP contribution in [0.15, 0.2) is 18.2 Å². The molecule has 0 aliphatic carbocycles. The van der Waals surface area contributed by atoms with Crippen molar-refractivity contribution in [2.75, 3.05) is 6.54 Å². The molecule has 1 aromatic rings. The first-order valence-corrected chi connectivity index (χ1v) is 13.5. The summed E-state index contributed by atoms with van der Waals surface area (Å²) in [5, 5.41) is 5.78. The third kappa shape index (κ3) is 10.6. The smallest absolute Gasteiger partial charge is 0.408 e. The van der Waals surface area contributed by atoms with Gasteiger partial charge in [0.2, 0.25) is 11.8 Å². The van der Waals surface area contributed by atoms with Crippen LogP contribution in [-0.4, -0.2) is 47.0 Å². The van der Waals surface area contributed by atoms with Crippen molar-refractivity contribution in [2.24, 2.45) is 0 Å². The summed E-state index contributed by atoms with van der Waals surface area (Å²) < 4.78 is 5.35. The van der Waals surface area contributed by atoms with Gasteiger partial charge in [0.15, 0.2) is 0 Å². The van der Waals surface area contributed by atoms with E-state index in [1.165, 1.54) is 0 Å². The molecule has 3 unspecified atom stereocenters. The number of hydrogen-bond acceptors (Lipinski definition) is 4. The predicted octanol–water partition coefficient (Wildman–Crippen LogP) is 5.97. The fraction of sp³-hybridized carbons (Fsp3) is 0.690. The number of carbonyl (C=O) groups is 3. The third-order valence-electron chi connectivity index (χ3n) is 6.16. The molecule has 1 rings (SSSR count). The largest absolute Gasteiger partial charge is 0.444 e. The van der Waals surface area contributed by atoms with Gasteiger partial charge in [-0.15, -0.1) is 0 Å². The molecule has 0 saturated heterocycles. The minimum atomic E-state index is -0.846. The van der Waals surface area contributed by atoms with Gasteiger partial charge in [0.05, 0.1) is 0 Å². The number of hydrogen-bond donors (Lipinski definition) is 2. The fourth-order valence-electron chi connectivity index (χ4n) is 4.10. The second kappa shape index (κ2) is 14.9. The monoisotopic (exact) mass is 503 g/mol. The normalized spacial score (nSPS) is 13.9. The number of aryl methyl sites for hydroxylation is 2. The van der Waals surface area contributed by atoms with E-state index in [1.807, 2.05) is 39.0 Å². The zero-order valence-corrected chi connectivity index (χ0v) is 24.0. The van der Waals surface area contributed by atoms with Gasteiger partial charge in [0.25, 0.3) is 0 Å². The van der Waals surface area contributed by atoms with Gasteiger partial charge in [-0.25, -0.2) is 4.79 Å². The molecule has 0 aliphatic heterocycles. The Morgan fingerprint density at radius 2 is 1.61 bits per heavy atom. The first-order valence-electron chi connectivity index (χ1n) is 13.5. The average Bonchev–Trinajstić information content (AvgIpc) is 2.76. The SMILES string of the molecule is CCCCCCN(C(=O)C(C)NC(=O)OC(C)(C)C)C(C(=O)NC(C)CCC)c1ccc(C)c(C)c1. The van der Waals surface area contributed by atoms with Gasteiger partial charge in [-0.05, 0) is 78.0 Å². The van der Waals surface area contributed by atoms with Crippen LogP contribution in [0.2, 0.25) is 0 Å². The van der Waals surface area contributed by atoms with Crippen molar-refractivity contribution < 1.29 is 19.1 Å². The Balaban J connectivity index is 3.37. The zero-order valence-electron chi connectivity index (χ0n) is 24.0. The van der Waals surface area contributed by atoms with Crippen LogP contribution in [-0.2, 0) is 14.3 Å². The highest BCUT2D eigenvalue weighted by atomic mass is 16.6. The molecule has 0 radical (unpaired) electrons. The lowest BCUT2D eigenvalue weighted by Crippen LogP contribution is -2.52. The molecule has 204 valence electrons. The van der Waals surface area contributed by atoms with E-state index in [-0.39, 0.29) is 17.9 Å². The van der Waals surface area contributed by atoms with Gasteiger partial charge in [-0.3, -0.25) is 9.59 Å². The van der Waals surface area contributed by atoms with E-state index < -0.39 is 23.8 Å². The molecule has 1 aromatic carbocycles. The number of nitrogens with one attached hydrogen (secondary N) is 2. The second-order valence-corrected chi connectivity index (χ2v) is 10.9. The maximum atomic E-state index is 13.8. The molecule has 0 spiro atoms. The Hall–Kier alpha value is -2.57. The maximum Gasteiger partial charge on any atom is 0.408 e. The minimum Gasteiger partial charge on any atom is -0.444 e. The molecule has 36 heavy (non-hydrogen) atoms. The van der Waals surface area contributed by atoms with E-state index >= 15 is 0 Å². The Morgan fingerprint density at radius 1 is 0.944 bits per heavy atom. The number of alkyl carbamates (subject to hydrolysis) is 1. The van der Waals surface area contributed by atoms with Gasteiger partial charge in [-0.1, -0.05) is 57.7 Å². The van der Waals surface area contributed by atoms with Crippen molar-refractivity contribution in [1.82, 2.24) is 15.5 Å². The van der Waals surface area contributed by atoms with Crippen molar-refractivity contribution >= 4 is 17.9 Å². The lowest BCUT2D eigenvalue weighted by atomic mass is 9.97. The number of amides is 3. The van der Waals surface area contributed by atoms with Crippen molar-refractivity contribution in [3.05, 3.63) is 34.9 Å². The van der Waals surface area contributed by atoms with Crippen LogP contribution >= 0.6 is 0 Å². The molecule has 0 aromatic heterocycles. The van der Waals surface area contributed by atoms with Crippen molar-refractivity contribution in [1.29, 1.82) is 0 Å². The number of nitrogens with zero attached hydrogens (tertiary/aromatic N) is 1. The van der Waals surface area contributed by atoms with Crippen LogP contribution in [0, 0.1) is 13.8 Å². The summed E-state index contributed by atoms with van der Waals surface area (Å²) in [6.45, 7) is 17.6. The number of carbonyl (C=O) groups excluding carboxylic acids is 3. The molecule has 0 fully saturated rings. The van der Waals surface area contributed by atoms with Crippen LogP contribution in [0.4, 0.5) is 4.79 Å². The van der Waals surface area contributed by atoms with E-state index in [9.17, 15) is 14.4 Å². The highest BCUT2D eigenvalue weighted by Crippen LogP contribution is 2.26. The highest BCUT2D eigenvalue weighted by Gasteiger charge is 2.35. The fourth-order valence-corrected chi connectivity index (χ4v) is 4.10. The Labute approximate surface area is 218 Å². The average molecular weight is 504 g/mol.